The zero-order chi connectivity index (χ0) is 12.4. The molecule has 1 unspecified atom stereocenters. The summed E-state index contributed by atoms with van der Waals surface area (Å²) in [7, 11) is 0. The fraction of sp³-hybridized carbons (Fsp3) is 0.286. The van der Waals surface area contributed by atoms with E-state index in [4.69, 9.17) is 4.74 Å². The van der Waals surface area contributed by atoms with Gasteiger partial charge in [-0.25, -0.2) is 0 Å². The van der Waals surface area contributed by atoms with Gasteiger partial charge >= 0.3 is 0 Å². The van der Waals surface area contributed by atoms with Gasteiger partial charge in [0, 0.05) is 18.1 Å². The Balaban J connectivity index is 1.77. The molecule has 0 radical (unpaired) electrons. The summed E-state index contributed by atoms with van der Waals surface area (Å²) in [6.45, 7) is 3.52. The van der Waals surface area contributed by atoms with Crippen LogP contribution < -0.4 is 5.32 Å². The van der Waals surface area contributed by atoms with Crippen molar-refractivity contribution in [3.8, 4) is 0 Å². The molecule has 0 aliphatic carbocycles. The average Bonchev–Trinajstić information content (AvgIpc) is 2.87. The maximum absolute atomic E-state index is 5.41. The smallest absolute Gasteiger partial charge is 0.0806 e. The lowest BCUT2D eigenvalue weighted by atomic mass is 10.1. The molecule has 1 N–H and O–H groups in total. The summed E-state index contributed by atoms with van der Waals surface area (Å²) in [4.78, 5) is 8.38. The van der Waals surface area contributed by atoms with Gasteiger partial charge in [0.1, 0.15) is 0 Å². The zero-order valence-electron chi connectivity index (χ0n) is 10.3. The number of hydrogen-bond donors (Lipinski definition) is 1. The quantitative estimate of drug-likeness (QED) is 0.897. The van der Waals surface area contributed by atoms with Crippen LogP contribution in [0.5, 0.6) is 0 Å². The number of ether oxygens (including phenoxy) is 1. The van der Waals surface area contributed by atoms with E-state index >= 15 is 0 Å². The van der Waals surface area contributed by atoms with Crippen LogP contribution in [0.4, 0.5) is 5.69 Å². The highest BCUT2D eigenvalue weighted by Gasteiger charge is 2.12. The molecule has 0 spiro atoms. The molecule has 0 fully saturated rings. The number of nitrogens with one attached hydrogen (secondary N) is 1. The summed E-state index contributed by atoms with van der Waals surface area (Å²) in [5.41, 5.74) is 4.59. The van der Waals surface area contributed by atoms with Gasteiger partial charge in [0.15, 0.2) is 0 Å². The minimum atomic E-state index is 0.138. The maximum Gasteiger partial charge on any atom is 0.0806 e. The predicted molar refractivity (Wildman–Crippen MR) is 69.0 cm³/mol. The topological polar surface area (TPSA) is 47.0 Å². The third-order valence-corrected chi connectivity index (χ3v) is 3.13. The monoisotopic (exact) mass is 241 g/mol. The van der Waals surface area contributed by atoms with Gasteiger partial charge in [0.25, 0.3) is 0 Å². The van der Waals surface area contributed by atoms with Crippen molar-refractivity contribution in [3.63, 3.8) is 0 Å². The highest BCUT2D eigenvalue weighted by Crippen LogP contribution is 2.25. The van der Waals surface area contributed by atoms with Crippen LogP contribution in [0.2, 0.25) is 0 Å². The van der Waals surface area contributed by atoms with E-state index in [0.29, 0.717) is 6.61 Å². The van der Waals surface area contributed by atoms with Gasteiger partial charge in [0.05, 0.1) is 31.1 Å². The first kappa shape index (κ1) is 11.2. The lowest BCUT2D eigenvalue weighted by Crippen LogP contribution is -2.08. The second-order valence-corrected chi connectivity index (χ2v) is 4.47. The second kappa shape index (κ2) is 4.74. The van der Waals surface area contributed by atoms with Crippen LogP contribution in [-0.4, -0.2) is 9.97 Å². The normalized spacial score (nSPS) is 15.2. The summed E-state index contributed by atoms with van der Waals surface area (Å²) in [5.74, 6) is 0. The molecule has 1 aliphatic rings. The molecule has 18 heavy (non-hydrogen) atoms. The molecule has 1 atom stereocenters. The van der Waals surface area contributed by atoms with Crippen LogP contribution in [0.15, 0.2) is 36.8 Å². The van der Waals surface area contributed by atoms with Crippen molar-refractivity contribution in [3.05, 3.63) is 53.6 Å². The van der Waals surface area contributed by atoms with Crippen LogP contribution in [0.1, 0.15) is 29.8 Å². The van der Waals surface area contributed by atoms with E-state index in [1.165, 1.54) is 11.1 Å². The Labute approximate surface area is 106 Å². The van der Waals surface area contributed by atoms with Gasteiger partial charge in [-0.2, -0.15) is 0 Å². The Morgan fingerprint density at radius 3 is 2.94 bits per heavy atom. The standard InChI is InChI=1S/C14H15N3O/c1-10(14-7-15-4-5-16-14)17-13-3-2-11-8-18-9-12(11)6-13/h2-7,10,17H,8-9H2,1H3. The lowest BCUT2D eigenvalue weighted by Gasteiger charge is -2.14. The number of rotatable bonds is 3. The van der Waals surface area contributed by atoms with Gasteiger partial charge in [-0.1, -0.05) is 6.07 Å². The Kier molecular flexibility index (Phi) is 2.94. The number of fused-ring (bicyclic) bond motifs is 1. The number of aromatic nitrogens is 2. The van der Waals surface area contributed by atoms with E-state index < -0.39 is 0 Å². The van der Waals surface area contributed by atoms with Crippen LogP contribution in [0.3, 0.4) is 0 Å². The number of benzene rings is 1. The Morgan fingerprint density at radius 1 is 1.22 bits per heavy atom. The molecule has 0 amide bonds. The SMILES string of the molecule is CC(Nc1ccc2c(c1)COC2)c1cnccn1. The van der Waals surface area contributed by atoms with Crippen LogP contribution >= 0.6 is 0 Å². The Morgan fingerprint density at radius 2 is 2.11 bits per heavy atom. The van der Waals surface area contributed by atoms with Gasteiger partial charge in [-0.05, 0) is 30.2 Å². The lowest BCUT2D eigenvalue weighted by molar-refractivity contribution is 0.134. The Hall–Kier alpha value is -1.94. The molecule has 4 heteroatoms. The number of nitrogens with zero attached hydrogens (tertiary/aromatic N) is 2. The summed E-state index contributed by atoms with van der Waals surface area (Å²) in [6, 6.07) is 6.49. The van der Waals surface area contributed by atoms with Crippen LogP contribution in [-0.2, 0) is 18.0 Å². The summed E-state index contributed by atoms with van der Waals surface area (Å²) < 4.78 is 5.41. The van der Waals surface area contributed by atoms with Crippen molar-refractivity contribution in [1.82, 2.24) is 9.97 Å². The van der Waals surface area contributed by atoms with Crippen molar-refractivity contribution in [2.45, 2.75) is 26.2 Å². The minimum Gasteiger partial charge on any atom is -0.377 e. The first-order valence-corrected chi connectivity index (χ1v) is 6.05. The average molecular weight is 241 g/mol. The van der Waals surface area contributed by atoms with Crippen molar-refractivity contribution >= 4 is 5.69 Å². The molecule has 1 aromatic carbocycles. The third kappa shape index (κ3) is 2.19. The number of anilines is 1. The highest BCUT2D eigenvalue weighted by molar-refractivity contribution is 5.50. The molecule has 92 valence electrons. The van der Waals surface area contributed by atoms with Gasteiger partial charge < -0.3 is 10.1 Å². The molecular weight excluding hydrogens is 226 g/mol. The highest BCUT2D eigenvalue weighted by atomic mass is 16.5. The summed E-state index contributed by atoms with van der Waals surface area (Å²) in [6.07, 6.45) is 5.18. The molecule has 1 aromatic heterocycles. The molecule has 0 bridgehead atoms. The first-order chi connectivity index (χ1) is 8.83. The van der Waals surface area contributed by atoms with Gasteiger partial charge in [0.2, 0.25) is 0 Å². The molecule has 3 rings (SSSR count). The molecule has 0 saturated heterocycles. The molecule has 1 aliphatic heterocycles. The first-order valence-electron chi connectivity index (χ1n) is 6.05. The van der Waals surface area contributed by atoms with E-state index in [9.17, 15) is 0 Å². The van der Waals surface area contributed by atoms with E-state index in [1.54, 1.807) is 18.6 Å². The summed E-state index contributed by atoms with van der Waals surface area (Å²) >= 11 is 0. The van der Waals surface area contributed by atoms with E-state index in [0.717, 1.165) is 18.0 Å². The fourth-order valence-corrected chi connectivity index (χ4v) is 2.12. The largest absolute Gasteiger partial charge is 0.377 e. The molecule has 0 saturated carbocycles. The minimum absolute atomic E-state index is 0.138. The van der Waals surface area contributed by atoms with Crippen molar-refractivity contribution in [1.29, 1.82) is 0 Å². The Bertz CT molecular complexity index is 542. The zero-order valence-corrected chi connectivity index (χ0v) is 10.3. The van der Waals surface area contributed by atoms with Crippen molar-refractivity contribution in [2.24, 2.45) is 0 Å². The third-order valence-electron chi connectivity index (χ3n) is 3.13. The van der Waals surface area contributed by atoms with E-state index in [1.807, 2.05) is 0 Å². The molecular formula is C14H15N3O. The van der Waals surface area contributed by atoms with Crippen molar-refractivity contribution in [2.75, 3.05) is 5.32 Å². The van der Waals surface area contributed by atoms with Crippen LogP contribution in [0.25, 0.3) is 0 Å². The second-order valence-electron chi connectivity index (χ2n) is 4.47. The fourth-order valence-electron chi connectivity index (χ4n) is 2.12. The van der Waals surface area contributed by atoms with Crippen LogP contribution in [0, 0.1) is 0 Å². The maximum atomic E-state index is 5.41. The summed E-state index contributed by atoms with van der Waals surface area (Å²) in [5, 5.41) is 3.43. The van der Waals surface area contributed by atoms with Gasteiger partial charge in [-0.3, -0.25) is 9.97 Å². The van der Waals surface area contributed by atoms with E-state index in [2.05, 4.69) is 40.4 Å². The van der Waals surface area contributed by atoms with Gasteiger partial charge in [-0.15, -0.1) is 0 Å². The predicted octanol–water partition coefficient (Wildman–Crippen LogP) is 2.68. The molecule has 2 aromatic rings. The molecule has 4 nitrogen and oxygen atoms in total. The molecule has 2 heterocycles. The van der Waals surface area contributed by atoms with Crippen molar-refractivity contribution < 1.29 is 4.74 Å². The van der Waals surface area contributed by atoms with E-state index in [-0.39, 0.29) is 6.04 Å². The number of hydrogen-bond acceptors (Lipinski definition) is 4.